The quantitative estimate of drug-likeness (QED) is 0.405. The molecule has 3 atom stereocenters. The van der Waals surface area contributed by atoms with E-state index in [1.54, 1.807) is 0 Å². The van der Waals surface area contributed by atoms with Gasteiger partial charge in [-0.1, -0.05) is 79.2 Å². The number of ether oxygens (including phenoxy) is 2. The smallest absolute Gasteiger partial charge is 0.340 e. The van der Waals surface area contributed by atoms with Gasteiger partial charge in [0.25, 0.3) is 0 Å². The van der Waals surface area contributed by atoms with Gasteiger partial charge < -0.3 is 9.47 Å². The minimum Gasteiger partial charge on any atom is -0.460 e. The zero-order chi connectivity index (χ0) is 21.6. The molecule has 1 fully saturated rings. The van der Waals surface area contributed by atoms with Gasteiger partial charge in [0.15, 0.2) is 6.10 Å². The van der Waals surface area contributed by atoms with Gasteiger partial charge in [0.05, 0.1) is 6.10 Å². The van der Waals surface area contributed by atoms with Crippen LogP contribution in [0.4, 0.5) is 0 Å². The van der Waals surface area contributed by atoms with Crippen LogP contribution in [0.2, 0.25) is 0 Å². The first-order valence-corrected chi connectivity index (χ1v) is 11.5. The molecule has 3 nitrogen and oxygen atoms in total. The molecule has 0 bridgehead atoms. The summed E-state index contributed by atoms with van der Waals surface area (Å²) in [4.78, 5) is 13.2. The third-order valence-corrected chi connectivity index (χ3v) is 6.19. The summed E-state index contributed by atoms with van der Waals surface area (Å²) >= 11 is 0. The summed E-state index contributed by atoms with van der Waals surface area (Å²) in [6, 6.07) is 24.7. The second kappa shape index (κ2) is 10.1. The number of carbonyl (C=O) groups excluding carboxylic acids is 1. The summed E-state index contributed by atoms with van der Waals surface area (Å²) < 4.78 is 12.1. The fraction of sp³-hybridized carbons (Fsp3) is 0.393. The van der Waals surface area contributed by atoms with E-state index in [1.165, 1.54) is 22.8 Å². The summed E-state index contributed by atoms with van der Waals surface area (Å²) in [6.45, 7) is 3.90. The van der Waals surface area contributed by atoms with Gasteiger partial charge in [-0.2, -0.15) is 0 Å². The fourth-order valence-corrected chi connectivity index (χ4v) is 4.70. The lowest BCUT2D eigenvalue weighted by atomic mass is 9.81. The molecule has 0 aromatic heterocycles. The summed E-state index contributed by atoms with van der Waals surface area (Å²) in [5.74, 6) is 0.0636. The zero-order valence-electron chi connectivity index (χ0n) is 18.5. The lowest BCUT2D eigenvalue weighted by Crippen LogP contribution is -2.34. The van der Waals surface area contributed by atoms with E-state index in [4.69, 9.17) is 9.47 Å². The molecule has 0 N–H and O–H groups in total. The molecule has 0 saturated heterocycles. The molecule has 0 spiro atoms. The standard InChI is InChI=1S/C28H32O3/c1-20(2)30-27(22-12-4-3-5-13-22)28(29)31-26-18-9-7-14-24(26)19-23-16-10-15-21-11-6-8-17-25(21)23/h3-6,8,10-13,15-17,20,24,26-27H,7,9,14,18-19H2,1-2H3/t24-,26+,27-/m1/s1. The number of rotatable bonds is 7. The summed E-state index contributed by atoms with van der Waals surface area (Å²) in [5, 5.41) is 2.56. The Kier molecular flexibility index (Phi) is 7.03. The van der Waals surface area contributed by atoms with Crippen LogP contribution in [-0.4, -0.2) is 18.2 Å². The molecule has 1 aliphatic rings. The summed E-state index contributed by atoms with van der Waals surface area (Å²) in [5.41, 5.74) is 2.19. The lowest BCUT2D eigenvalue weighted by Gasteiger charge is -2.33. The molecule has 3 aromatic carbocycles. The number of esters is 1. The Hall–Kier alpha value is -2.65. The minimum atomic E-state index is -0.679. The SMILES string of the molecule is CC(C)O[C@@H](C(=O)O[C@H]1CCCC[C@@H]1Cc1cccc2ccccc12)c1ccccc1. The van der Waals surface area contributed by atoms with E-state index in [0.29, 0.717) is 5.92 Å². The lowest BCUT2D eigenvalue weighted by molar-refractivity contribution is -0.170. The Balaban J connectivity index is 1.52. The van der Waals surface area contributed by atoms with Gasteiger partial charge in [-0.3, -0.25) is 0 Å². The minimum absolute atomic E-state index is 0.0596. The van der Waals surface area contributed by atoms with Crippen molar-refractivity contribution in [1.29, 1.82) is 0 Å². The predicted octanol–water partition coefficient (Wildman–Crippen LogP) is 6.65. The highest BCUT2D eigenvalue weighted by molar-refractivity contribution is 5.85. The Labute approximate surface area is 185 Å². The highest BCUT2D eigenvalue weighted by Crippen LogP contribution is 2.33. The number of benzene rings is 3. The van der Waals surface area contributed by atoms with E-state index in [1.807, 2.05) is 44.2 Å². The Bertz CT molecular complexity index is 990. The third kappa shape index (κ3) is 5.34. The van der Waals surface area contributed by atoms with E-state index >= 15 is 0 Å². The largest absolute Gasteiger partial charge is 0.460 e. The Morgan fingerprint density at radius 3 is 2.42 bits per heavy atom. The van der Waals surface area contributed by atoms with Gasteiger partial charge in [0.1, 0.15) is 6.10 Å². The van der Waals surface area contributed by atoms with E-state index in [-0.39, 0.29) is 18.2 Å². The molecular formula is C28H32O3. The average Bonchev–Trinajstić information content (AvgIpc) is 2.79. The van der Waals surface area contributed by atoms with E-state index in [0.717, 1.165) is 31.2 Å². The van der Waals surface area contributed by atoms with Gasteiger partial charge in [-0.05, 0) is 67.3 Å². The molecule has 162 valence electrons. The van der Waals surface area contributed by atoms with Crippen molar-refractivity contribution in [2.24, 2.45) is 5.92 Å². The van der Waals surface area contributed by atoms with Crippen molar-refractivity contribution >= 4 is 16.7 Å². The van der Waals surface area contributed by atoms with Crippen molar-refractivity contribution in [2.75, 3.05) is 0 Å². The van der Waals surface area contributed by atoms with Gasteiger partial charge in [-0.25, -0.2) is 4.79 Å². The zero-order valence-corrected chi connectivity index (χ0v) is 18.5. The number of hydrogen-bond acceptors (Lipinski definition) is 3. The molecular weight excluding hydrogens is 384 g/mol. The van der Waals surface area contributed by atoms with E-state index < -0.39 is 6.10 Å². The maximum absolute atomic E-state index is 13.2. The number of hydrogen-bond donors (Lipinski definition) is 0. The van der Waals surface area contributed by atoms with E-state index in [9.17, 15) is 4.79 Å². The van der Waals surface area contributed by atoms with Crippen LogP contribution in [0.15, 0.2) is 72.8 Å². The van der Waals surface area contributed by atoms with Crippen LogP contribution in [0.25, 0.3) is 10.8 Å². The molecule has 0 radical (unpaired) electrons. The van der Waals surface area contributed by atoms with Gasteiger partial charge in [0.2, 0.25) is 0 Å². The van der Waals surface area contributed by atoms with Gasteiger partial charge in [-0.15, -0.1) is 0 Å². The van der Waals surface area contributed by atoms with Crippen molar-refractivity contribution in [2.45, 2.75) is 64.3 Å². The van der Waals surface area contributed by atoms with Crippen molar-refractivity contribution in [3.63, 3.8) is 0 Å². The van der Waals surface area contributed by atoms with Crippen molar-refractivity contribution in [3.05, 3.63) is 83.9 Å². The number of fused-ring (bicyclic) bond motifs is 1. The maximum Gasteiger partial charge on any atom is 0.340 e. The summed E-state index contributed by atoms with van der Waals surface area (Å²) in [6.07, 6.45) is 4.42. The molecule has 0 aliphatic heterocycles. The van der Waals surface area contributed by atoms with Crippen LogP contribution < -0.4 is 0 Å². The highest BCUT2D eigenvalue weighted by atomic mass is 16.6. The first-order valence-electron chi connectivity index (χ1n) is 11.5. The second-order valence-electron chi connectivity index (χ2n) is 8.84. The van der Waals surface area contributed by atoms with Gasteiger partial charge in [0, 0.05) is 0 Å². The van der Waals surface area contributed by atoms with Crippen LogP contribution >= 0.6 is 0 Å². The van der Waals surface area contributed by atoms with Crippen LogP contribution in [0.1, 0.15) is 56.8 Å². The number of carbonyl (C=O) groups is 1. The molecule has 0 amide bonds. The van der Waals surface area contributed by atoms with Crippen molar-refractivity contribution in [3.8, 4) is 0 Å². The summed E-state index contributed by atoms with van der Waals surface area (Å²) in [7, 11) is 0. The van der Waals surface area contributed by atoms with Crippen LogP contribution in [-0.2, 0) is 20.7 Å². The second-order valence-corrected chi connectivity index (χ2v) is 8.84. The molecule has 0 heterocycles. The predicted molar refractivity (Wildman–Crippen MR) is 125 cm³/mol. The normalized spacial score (nSPS) is 20.0. The molecule has 3 aromatic rings. The van der Waals surface area contributed by atoms with Crippen LogP contribution in [0.5, 0.6) is 0 Å². The molecule has 1 saturated carbocycles. The fourth-order valence-electron chi connectivity index (χ4n) is 4.70. The van der Waals surface area contributed by atoms with Crippen molar-refractivity contribution in [1.82, 2.24) is 0 Å². The van der Waals surface area contributed by atoms with Crippen LogP contribution in [0.3, 0.4) is 0 Å². The Morgan fingerprint density at radius 2 is 1.61 bits per heavy atom. The van der Waals surface area contributed by atoms with Gasteiger partial charge >= 0.3 is 5.97 Å². The van der Waals surface area contributed by atoms with Crippen LogP contribution in [0, 0.1) is 5.92 Å². The maximum atomic E-state index is 13.2. The monoisotopic (exact) mass is 416 g/mol. The molecule has 1 aliphatic carbocycles. The first-order chi connectivity index (χ1) is 15.1. The molecule has 31 heavy (non-hydrogen) atoms. The van der Waals surface area contributed by atoms with E-state index in [2.05, 4.69) is 42.5 Å². The average molecular weight is 417 g/mol. The van der Waals surface area contributed by atoms with Crippen molar-refractivity contribution < 1.29 is 14.3 Å². The molecule has 3 heteroatoms. The Morgan fingerprint density at radius 1 is 0.903 bits per heavy atom. The topological polar surface area (TPSA) is 35.5 Å². The molecule has 0 unspecified atom stereocenters. The highest BCUT2D eigenvalue weighted by Gasteiger charge is 2.32. The third-order valence-electron chi connectivity index (χ3n) is 6.19. The first kappa shape index (κ1) is 21.6. The molecule has 4 rings (SSSR count).